The average molecular weight is 1800 g/mol. The van der Waals surface area contributed by atoms with E-state index in [1.165, 1.54) is 72.0 Å². The van der Waals surface area contributed by atoms with Crippen molar-refractivity contribution in [3.05, 3.63) is 247 Å². The van der Waals surface area contributed by atoms with Crippen molar-refractivity contribution in [3.8, 4) is 73.6 Å². The number of primary amides is 1. The summed E-state index contributed by atoms with van der Waals surface area (Å²) in [5, 5.41) is 61.2. The maximum Gasteiger partial charge on any atom is 0.408 e. The number of tetrazole rings is 2. The fourth-order valence-corrected chi connectivity index (χ4v) is 12.6. The number of alkyl carbamates (subject to hydrolysis) is 2. The fourth-order valence-electron chi connectivity index (χ4n) is 11.4. The van der Waals surface area contributed by atoms with Crippen LogP contribution in [0.1, 0.15) is 97.9 Å². The number of methoxy groups -OCH3 is 4. The number of carbonyl (C=O) groups excluding carboxylic acids is 4. The van der Waals surface area contributed by atoms with Crippen LogP contribution in [0.2, 0.25) is 25.9 Å². The number of hydrogen-bond donors (Lipinski definition) is 7. The minimum atomic E-state index is -0.931. The van der Waals surface area contributed by atoms with Crippen LogP contribution in [0.5, 0.6) is 23.0 Å². The molecule has 0 spiro atoms. The molecule has 12 rings (SSSR count). The maximum atomic E-state index is 12.9. The molecule has 5 aromatic carbocycles. The van der Waals surface area contributed by atoms with Gasteiger partial charge in [-0.25, -0.2) is 28.3 Å². The molecular formula is C80H86Cl5N25O14. The Morgan fingerprint density at radius 2 is 0.790 bits per heavy atom. The molecule has 12 aromatic rings. The molecule has 0 aliphatic carbocycles. The molecule has 7 heterocycles. The number of ether oxygens (including phenoxy) is 6. The van der Waals surface area contributed by atoms with Crippen LogP contribution in [0.25, 0.3) is 44.5 Å². The summed E-state index contributed by atoms with van der Waals surface area (Å²) in [7, 11) is 12.2. The van der Waals surface area contributed by atoms with E-state index in [2.05, 4.69) is 98.6 Å². The quantitative estimate of drug-likeness (QED) is 0.0314. The number of nitriles is 1. The molecule has 0 aliphatic rings. The minimum Gasteiger partial charge on any atom is -0.494 e. The second-order valence-corrected chi connectivity index (χ2v) is 30.3. The first-order chi connectivity index (χ1) is 58.8. The van der Waals surface area contributed by atoms with Crippen LogP contribution in [-0.2, 0) is 68.1 Å². The predicted octanol–water partition coefficient (Wildman–Crippen LogP) is 8.83. The number of nitrogens with zero attached hydrogens (tertiary/aromatic N) is 18. The van der Waals surface area contributed by atoms with Gasteiger partial charge in [0.15, 0.2) is 34.6 Å². The van der Waals surface area contributed by atoms with Crippen LogP contribution in [0, 0.1) is 11.3 Å². The number of halogens is 5. The molecule has 0 radical (unpaired) electrons. The summed E-state index contributed by atoms with van der Waals surface area (Å²) in [5.41, 5.74) is 17.1. The zero-order valence-corrected chi connectivity index (χ0v) is 73.0. The first-order valence-corrected chi connectivity index (χ1v) is 38.9. The first-order valence-electron chi connectivity index (χ1n) is 37.0. The van der Waals surface area contributed by atoms with Crippen LogP contribution >= 0.6 is 58.0 Å². The van der Waals surface area contributed by atoms with Gasteiger partial charge in [0.05, 0.1) is 109 Å². The number of aromatic amines is 2. The molecule has 4 amide bonds. The number of nitrogens with two attached hydrogens (primary N) is 2. The third-order valence-corrected chi connectivity index (χ3v) is 18.5. The predicted molar refractivity (Wildman–Crippen MR) is 459 cm³/mol. The van der Waals surface area contributed by atoms with Gasteiger partial charge in [0.1, 0.15) is 23.3 Å². The lowest BCUT2D eigenvalue weighted by Crippen LogP contribution is -2.47. The lowest BCUT2D eigenvalue weighted by Gasteiger charge is -2.22. The molecule has 0 saturated heterocycles. The number of benzene rings is 5. The number of hydrogen-bond acceptors (Lipinski definition) is 29. The second kappa shape index (κ2) is 44.2. The van der Waals surface area contributed by atoms with Crippen molar-refractivity contribution >= 4 is 82.0 Å². The van der Waals surface area contributed by atoms with Crippen molar-refractivity contribution in [1.82, 2.24) is 111 Å². The highest BCUT2D eigenvalue weighted by Gasteiger charge is 2.28. The van der Waals surface area contributed by atoms with Gasteiger partial charge in [-0.05, 0) is 139 Å². The Labute approximate surface area is 733 Å². The number of amides is 4. The zero-order valence-electron chi connectivity index (χ0n) is 69.2. The molecule has 124 heavy (non-hydrogen) atoms. The van der Waals surface area contributed by atoms with Crippen LogP contribution in [-0.4, -0.2) is 171 Å². The molecule has 9 N–H and O–H groups in total. The average Bonchev–Trinajstić information content (AvgIpc) is 0.947. The summed E-state index contributed by atoms with van der Waals surface area (Å²) in [6.45, 7) is 10.4. The van der Waals surface area contributed by atoms with E-state index < -0.39 is 53.3 Å². The third kappa shape index (κ3) is 27.2. The highest BCUT2D eigenvalue weighted by molar-refractivity contribution is 6.39. The van der Waals surface area contributed by atoms with Crippen LogP contribution in [0.3, 0.4) is 0 Å². The van der Waals surface area contributed by atoms with Crippen LogP contribution in [0.4, 0.5) is 9.59 Å². The summed E-state index contributed by atoms with van der Waals surface area (Å²) in [6.07, 6.45) is 6.01. The molecule has 0 unspecified atom stereocenters. The zero-order chi connectivity index (χ0) is 90.9. The van der Waals surface area contributed by atoms with Crippen molar-refractivity contribution in [2.75, 3.05) is 28.4 Å². The largest absolute Gasteiger partial charge is 0.494 e. The summed E-state index contributed by atoms with van der Waals surface area (Å²) in [6, 6.07) is 33.2. The lowest BCUT2D eigenvalue weighted by molar-refractivity contribution is -0.120. The highest BCUT2D eigenvalue weighted by atomic mass is 35.5. The molecule has 44 heteroatoms. The molecule has 39 nitrogen and oxygen atoms in total. The van der Waals surface area contributed by atoms with Crippen molar-refractivity contribution in [2.45, 2.75) is 103 Å². The Bertz CT molecular complexity index is 5900. The van der Waals surface area contributed by atoms with Gasteiger partial charge in [0, 0.05) is 47.5 Å². The van der Waals surface area contributed by atoms with Gasteiger partial charge < -0.3 is 55.8 Å². The third-order valence-electron chi connectivity index (χ3n) is 17.3. The molecule has 0 aliphatic heterocycles. The van der Waals surface area contributed by atoms with E-state index in [0.29, 0.717) is 92.9 Å². The first kappa shape index (κ1) is 95.8. The van der Waals surface area contributed by atoms with Gasteiger partial charge in [-0.15, -0.1) is 20.4 Å². The standard InChI is InChI=1S/C22H19Cl2N7O3.C20H26N4O5.C20H24N4O4.C15H17N7O2.C3Cl3N3/c1-31-22(33)18(17(34-2)11-25-31)13-8-6-12(7-9-13)10-16(20-27-29-30-28-20)26-21(32)19-14(23)4-3-5-15(19)24;1-20(2,3)29-19(27)23-14(17(21)25)10-12-6-8-13(9-7-12)16-15(28-5)11-22-24(4)18(16)26;1-20(2,3)28-19(26)23-15(11-21)10-13-6-8-14(9-7-13)17-16(27-5)12-22-24(4)18(17)25;1-22-15(23)13(12(24-2)8-17-22)10-5-3-9(4-6-10)7-11(16)14-18-20-21-19-14;4-1-7-2(5)9-3(6)8-1/h3-9,11,16H,10H2,1-2H3,(H,26,32)(H,27,28,29,30);6-9,11,14H,10H2,1-5H3,(H2,21,25)(H,23,27);6-9,12,15H,10H2,1-5H3,(H,23,26);3-6,8,11H,7,16H2,1-2H3,(H,18,19,20,21);/t16-;14-;15-;11-;/m0000./s1. The molecule has 0 saturated carbocycles. The lowest BCUT2D eigenvalue weighted by atomic mass is 10.0. The van der Waals surface area contributed by atoms with Crippen LogP contribution in [0.15, 0.2) is 159 Å². The Morgan fingerprint density at radius 1 is 0.468 bits per heavy atom. The molecule has 650 valence electrons. The Hall–Kier alpha value is -13.7. The molecule has 4 atom stereocenters. The van der Waals surface area contributed by atoms with Gasteiger partial charge in [0.2, 0.25) is 21.8 Å². The second-order valence-electron chi connectivity index (χ2n) is 28.5. The summed E-state index contributed by atoms with van der Waals surface area (Å²) < 4.78 is 36.4. The summed E-state index contributed by atoms with van der Waals surface area (Å²) >= 11 is 28.3. The van der Waals surface area contributed by atoms with E-state index in [4.69, 9.17) is 97.9 Å². The molecular weight excluding hydrogens is 1710 g/mol. The number of aromatic nitrogens is 19. The van der Waals surface area contributed by atoms with E-state index in [1.54, 1.807) is 149 Å². The fraction of sp³-hybridized carbons (Fsp3) is 0.300. The summed E-state index contributed by atoms with van der Waals surface area (Å²) in [4.78, 5) is 109. The van der Waals surface area contributed by atoms with Crippen LogP contribution < -0.4 is 68.6 Å². The minimum absolute atomic E-state index is 0.000000000000000444. The van der Waals surface area contributed by atoms with Gasteiger partial charge in [0.25, 0.3) is 28.1 Å². The SMILES string of the molecule is COc1cnn(C)c(=O)c1-c1ccc(C[C@@H](C#N)NC(=O)OC(C)(C)C)cc1.COc1cnn(C)c(=O)c1-c1ccc(C[C@H](N)c2nn[nH]n2)cc1.COc1cnn(C)c(=O)c1-c1ccc(C[C@H](NC(=O)OC(C)(C)C)C(N)=O)cc1.COc1cnn(C)c(=O)c1-c1ccc(C[C@H](NC(=O)c2c(Cl)cccc2Cl)c2nn[nH]n2)cc1.Clc1nc(Cl)nc(Cl)n1. The Morgan fingerprint density at radius 3 is 1.10 bits per heavy atom. The molecule has 0 fully saturated rings. The molecule has 0 bridgehead atoms. The maximum absolute atomic E-state index is 12.9. The van der Waals surface area contributed by atoms with Gasteiger partial charge in [-0.2, -0.15) is 51.0 Å². The van der Waals surface area contributed by atoms with E-state index in [-0.39, 0.29) is 66.2 Å². The van der Waals surface area contributed by atoms with Crippen molar-refractivity contribution in [1.29, 1.82) is 5.26 Å². The van der Waals surface area contributed by atoms with E-state index in [9.17, 15) is 43.6 Å². The van der Waals surface area contributed by atoms with Crippen molar-refractivity contribution in [3.63, 3.8) is 0 Å². The van der Waals surface area contributed by atoms with Crippen molar-refractivity contribution < 1.29 is 47.6 Å². The number of aryl methyl sites for hydroxylation is 4. The molecule has 7 aromatic heterocycles. The highest BCUT2D eigenvalue weighted by Crippen LogP contribution is 2.32. The van der Waals surface area contributed by atoms with Crippen molar-refractivity contribution in [2.24, 2.45) is 39.7 Å². The Balaban J connectivity index is 0.000000199. The smallest absolute Gasteiger partial charge is 0.408 e. The Kier molecular flexibility index (Phi) is 34.2. The van der Waals surface area contributed by atoms with E-state index in [1.807, 2.05) is 36.4 Å². The number of rotatable bonds is 23. The van der Waals surface area contributed by atoms with Gasteiger partial charge in [-0.1, -0.05) is 137 Å². The van der Waals surface area contributed by atoms with Gasteiger partial charge in [-0.3, -0.25) is 28.8 Å². The normalized spacial score (nSPS) is 11.8. The van der Waals surface area contributed by atoms with Gasteiger partial charge >= 0.3 is 12.2 Å². The van der Waals surface area contributed by atoms with E-state index >= 15 is 0 Å². The van der Waals surface area contributed by atoms with E-state index in [0.717, 1.165) is 27.8 Å². The number of H-pyrrole nitrogens is 2. The summed E-state index contributed by atoms with van der Waals surface area (Å²) in [5.74, 6) is 1.18. The monoisotopic (exact) mass is 1800 g/mol. The number of nitrogens with one attached hydrogen (secondary N) is 5. The topological polar surface area (TPSA) is 523 Å². The number of carbonyl (C=O) groups is 4.